The Balaban J connectivity index is 1.93. The van der Waals surface area contributed by atoms with Crippen LogP contribution in [0.3, 0.4) is 0 Å². The number of nitrogens with zero attached hydrogens (tertiary/aromatic N) is 2. The predicted molar refractivity (Wildman–Crippen MR) is 82.0 cm³/mol. The van der Waals surface area contributed by atoms with Crippen LogP contribution in [0.2, 0.25) is 0 Å². The molecule has 5 heteroatoms. The van der Waals surface area contributed by atoms with Crippen molar-refractivity contribution in [2.75, 3.05) is 6.61 Å². The van der Waals surface area contributed by atoms with Gasteiger partial charge in [-0.25, -0.2) is 4.68 Å². The molecule has 2 aromatic rings. The Bertz CT molecular complexity index is 603. The standard InChI is InChI=1S/C15H19BrN2O2/c1-10(2)20-14-8-13-11(7-12(14)16)9-18(17-13)15-5-3-4-6-19-15/h7-10,15H,3-6H2,1-2H3. The zero-order chi connectivity index (χ0) is 14.1. The fraction of sp³-hybridized carbons (Fsp3) is 0.533. The number of halogens is 1. The van der Waals surface area contributed by atoms with Crippen LogP contribution in [-0.4, -0.2) is 22.5 Å². The van der Waals surface area contributed by atoms with Crippen molar-refractivity contribution in [2.45, 2.75) is 45.4 Å². The zero-order valence-corrected chi connectivity index (χ0v) is 13.4. The summed E-state index contributed by atoms with van der Waals surface area (Å²) in [7, 11) is 0. The van der Waals surface area contributed by atoms with E-state index in [9.17, 15) is 0 Å². The predicted octanol–water partition coefficient (Wildman–Crippen LogP) is 4.29. The Labute approximate surface area is 127 Å². The van der Waals surface area contributed by atoms with Gasteiger partial charge in [0, 0.05) is 24.3 Å². The van der Waals surface area contributed by atoms with Crippen LogP contribution in [0.4, 0.5) is 0 Å². The second kappa shape index (κ2) is 5.74. The molecule has 1 aromatic carbocycles. The highest BCUT2D eigenvalue weighted by atomic mass is 79.9. The molecule has 1 unspecified atom stereocenters. The number of hydrogen-bond donors (Lipinski definition) is 0. The van der Waals surface area contributed by atoms with Crippen molar-refractivity contribution in [1.29, 1.82) is 0 Å². The number of rotatable bonds is 3. The summed E-state index contributed by atoms with van der Waals surface area (Å²) in [5.41, 5.74) is 0.943. The minimum absolute atomic E-state index is 0.0735. The molecular weight excluding hydrogens is 320 g/mol. The van der Waals surface area contributed by atoms with E-state index >= 15 is 0 Å². The first kappa shape index (κ1) is 13.9. The molecule has 20 heavy (non-hydrogen) atoms. The minimum atomic E-state index is 0.0735. The average molecular weight is 339 g/mol. The Hall–Kier alpha value is -1.07. The van der Waals surface area contributed by atoms with Crippen LogP contribution in [0.15, 0.2) is 22.8 Å². The van der Waals surface area contributed by atoms with Crippen molar-refractivity contribution in [1.82, 2.24) is 9.78 Å². The molecule has 0 N–H and O–H groups in total. The van der Waals surface area contributed by atoms with E-state index in [1.54, 1.807) is 0 Å². The summed E-state index contributed by atoms with van der Waals surface area (Å²) in [5.74, 6) is 0.835. The molecule has 1 atom stereocenters. The summed E-state index contributed by atoms with van der Waals surface area (Å²) < 4.78 is 14.5. The van der Waals surface area contributed by atoms with E-state index in [4.69, 9.17) is 9.47 Å². The van der Waals surface area contributed by atoms with Gasteiger partial charge in [0.15, 0.2) is 0 Å². The summed E-state index contributed by atoms with van der Waals surface area (Å²) in [6.45, 7) is 4.86. The summed E-state index contributed by atoms with van der Waals surface area (Å²) in [4.78, 5) is 0. The maximum Gasteiger partial charge on any atom is 0.150 e. The first-order valence-electron chi connectivity index (χ1n) is 7.10. The van der Waals surface area contributed by atoms with E-state index in [1.165, 1.54) is 6.42 Å². The molecular formula is C15H19BrN2O2. The van der Waals surface area contributed by atoms with E-state index < -0.39 is 0 Å². The molecule has 1 aliphatic heterocycles. The molecule has 0 spiro atoms. The summed E-state index contributed by atoms with van der Waals surface area (Å²) in [6.07, 6.45) is 5.65. The fourth-order valence-electron chi connectivity index (χ4n) is 2.47. The lowest BCUT2D eigenvalue weighted by Crippen LogP contribution is -2.18. The van der Waals surface area contributed by atoms with E-state index in [0.29, 0.717) is 0 Å². The number of benzene rings is 1. The summed E-state index contributed by atoms with van der Waals surface area (Å²) >= 11 is 3.56. The number of ether oxygens (including phenoxy) is 2. The highest BCUT2D eigenvalue weighted by Gasteiger charge is 2.17. The van der Waals surface area contributed by atoms with Gasteiger partial charge in [-0.3, -0.25) is 0 Å². The van der Waals surface area contributed by atoms with Crippen LogP contribution in [0.25, 0.3) is 10.9 Å². The van der Waals surface area contributed by atoms with Gasteiger partial charge >= 0.3 is 0 Å². The van der Waals surface area contributed by atoms with Gasteiger partial charge < -0.3 is 9.47 Å². The molecule has 1 aliphatic rings. The molecule has 0 aliphatic carbocycles. The van der Waals surface area contributed by atoms with E-state index in [1.807, 2.05) is 24.6 Å². The Morgan fingerprint density at radius 3 is 2.95 bits per heavy atom. The molecule has 0 amide bonds. The molecule has 1 fully saturated rings. The Kier molecular flexibility index (Phi) is 3.98. The molecule has 0 bridgehead atoms. The van der Waals surface area contributed by atoms with Crippen LogP contribution < -0.4 is 4.74 Å². The summed E-state index contributed by atoms with van der Waals surface area (Å²) in [5, 5.41) is 5.74. The number of hydrogen-bond acceptors (Lipinski definition) is 3. The lowest BCUT2D eigenvalue weighted by atomic mass is 10.2. The van der Waals surface area contributed by atoms with Crippen molar-refractivity contribution in [3.63, 3.8) is 0 Å². The monoisotopic (exact) mass is 338 g/mol. The topological polar surface area (TPSA) is 36.3 Å². The zero-order valence-electron chi connectivity index (χ0n) is 11.8. The van der Waals surface area contributed by atoms with E-state index in [2.05, 4.69) is 33.3 Å². The van der Waals surface area contributed by atoms with Gasteiger partial charge in [-0.05, 0) is 55.1 Å². The normalized spacial score (nSPS) is 19.7. The summed E-state index contributed by atoms with van der Waals surface area (Å²) in [6, 6.07) is 4.04. The van der Waals surface area contributed by atoms with Crippen LogP contribution in [0, 0.1) is 0 Å². The van der Waals surface area contributed by atoms with Crippen molar-refractivity contribution < 1.29 is 9.47 Å². The third kappa shape index (κ3) is 2.83. The number of aromatic nitrogens is 2. The first-order chi connectivity index (χ1) is 9.63. The quantitative estimate of drug-likeness (QED) is 0.837. The molecule has 3 rings (SSSR count). The molecule has 0 radical (unpaired) electrons. The van der Waals surface area contributed by atoms with Crippen LogP contribution in [0.1, 0.15) is 39.3 Å². The number of fused-ring (bicyclic) bond motifs is 1. The minimum Gasteiger partial charge on any atom is -0.490 e. The van der Waals surface area contributed by atoms with Gasteiger partial charge in [-0.1, -0.05) is 0 Å². The van der Waals surface area contributed by atoms with Gasteiger partial charge in [-0.2, -0.15) is 5.10 Å². The molecule has 108 valence electrons. The Morgan fingerprint density at radius 2 is 2.25 bits per heavy atom. The smallest absolute Gasteiger partial charge is 0.150 e. The van der Waals surface area contributed by atoms with Gasteiger partial charge in [0.25, 0.3) is 0 Å². The average Bonchev–Trinajstić information content (AvgIpc) is 2.82. The molecule has 1 saturated heterocycles. The maximum absolute atomic E-state index is 5.78. The molecule has 0 saturated carbocycles. The van der Waals surface area contributed by atoms with Gasteiger partial charge in [0.2, 0.25) is 0 Å². The highest BCUT2D eigenvalue weighted by Crippen LogP contribution is 2.32. The van der Waals surface area contributed by atoms with Crippen molar-refractivity contribution in [3.8, 4) is 5.75 Å². The maximum atomic E-state index is 5.78. The second-order valence-electron chi connectivity index (χ2n) is 5.44. The third-order valence-electron chi connectivity index (χ3n) is 3.39. The van der Waals surface area contributed by atoms with E-state index in [-0.39, 0.29) is 12.3 Å². The van der Waals surface area contributed by atoms with Crippen LogP contribution >= 0.6 is 15.9 Å². The molecule has 4 nitrogen and oxygen atoms in total. The van der Waals surface area contributed by atoms with Crippen molar-refractivity contribution >= 4 is 26.8 Å². The van der Waals surface area contributed by atoms with Gasteiger partial charge in [-0.15, -0.1) is 0 Å². The van der Waals surface area contributed by atoms with Crippen molar-refractivity contribution in [2.24, 2.45) is 0 Å². The molecule has 2 heterocycles. The SMILES string of the molecule is CC(C)Oc1cc2nn(C3CCCCO3)cc2cc1Br. The van der Waals surface area contributed by atoms with Gasteiger partial charge in [0.05, 0.1) is 16.1 Å². The second-order valence-corrected chi connectivity index (χ2v) is 6.29. The lowest BCUT2D eigenvalue weighted by Gasteiger charge is -2.22. The van der Waals surface area contributed by atoms with Gasteiger partial charge in [0.1, 0.15) is 12.0 Å². The third-order valence-corrected chi connectivity index (χ3v) is 4.01. The fourth-order valence-corrected chi connectivity index (χ4v) is 2.92. The van der Waals surface area contributed by atoms with Crippen LogP contribution in [-0.2, 0) is 4.74 Å². The Morgan fingerprint density at radius 1 is 1.40 bits per heavy atom. The lowest BCUT2D eigenvalue weighted by molar-refractivity contribution is -0.0390. The van der Waals surface area contributed by atoms with Crippen LogP contribution in [0.5, 0.6) is 5.75 Å². The van der Waals surface area contributed by atoms with E-state index in [0.717, 1.165) is 40.6 Å². The highest BCUT2D eigenvalue weighted by molar-refractivity contribution is 9.10. The van der Waals surface area contributed by atoms with Crippen molar-refractivity contribution in [3.05, 3.63) is 22.8 Å². The largest absolute Gasteiger partial charge is 0.490 e. The first-order valence-corrected chi connectivity index (χ1v) is 7.89. The molecule has 1 aromatic heterocycles.